The lowest BCUT2D eigenvalue weighted by Crippen LogP contribution is -2.35. The molecule has 15 nitrogen and oxygen atoms in total. The number of H-pyrrole nitrogens is 1. The van der Waals surface area contributed by atoms with E-state index in [2.05, 4.69) is 34.4 Å². The predicted octanol–water partition coefficient (Wildman–Crippen LogP) is 3.28. The monoisotopic (exact) mass is 760 g/mol. The molecule has 0 aliphatic carbocycles. The number of hydrogen-bond acceptors (Lipinski definition) is 12. The lowest BCUT2D eigenvalue weighted by molar-refractivity contribution is -0.122. The molecule has 2 heterocycles. The molecule has 0 atom stereocenters. The van der Waals surface area contributed by atoms with Crippen molar-refractivity contribution in [3.05, 3.63) is 46.3 Å². The summed E-state index contributed by atoms with van der Waals surface area (Å²) in [7, 11) is 0. The maximum Gasteiger partial charge on any atom is 0.256 e. The Kier molecular flexibility index (Phi) is 21.7. The molecule has 302 valence electrons. The van der Waals surface area contributed by atoms with Crippen LogP contribution in [0.3, 0.4) is 0 Å². The van der Waals surface area contributed by atoms with Crippen LogP contribution in [-0.2, 0) is 42.7 Å². The van der Waals surface area contributed by atoms with Crippen molar-refractivity contribution in [3.63, 3.8) is 0 Å². The van der Waals surface area contributed by atoms with Crippen LogP contribution in [0.1, 0.15) is 53.6 Å². The molecule has 0 bridgehead atoms. The number of nitrogens with one attached hydrogen (secondary N) is 3. The number of aryl methyl sites for hydroxylation is 1. The lowest BCUT2D eigenvalue weighted by Gasteiger charge is -2.18. The van der Waals surface area contributed by atoms with Gasteiger partial charge in [0, 0.05) is 35.7 Å². The van der Waals surface area contributed by atoms with E-state index in [9.17, 15) is 14.4 Å². The van der Waals surface area contributed by atoms with Crippen LogP contribution in [0.5, 0.6) is 5.75 Å². The first-order valence-electron chi connectivity index (χ1n) is 18.8. The van der Waals surface area contributed by atoms with Gasteiger partial charge in [0.1, 0.15) is 19.0 Å². The van der Waals surface area contributed by atoms with Gasteiger partial charge in [0.25, 0.3) is 11.8 Å². The summed E-state index contributed by atoms with van der Waals surface area (Å²) in [5.41, 5.74) is 4.78. The number of amides is 2. The van der Waals surface area contributed by atoms with Crippen molar-refractivity contribution < 1.29 is 52.3 Å². The fraction of sp³-hybridized carbons (Fsp3) is 0.615. The highest BCUT2D eigenvalue weighted by Gasteiger charge is 2.26. The average Bonchev–Trinajstić information content (AvgIpc) is 3.62. The fourth-order valence-corrected chi connectivity index (χ4v) is 5.51. The zero-order chi connectivity index (χ0) is 39.0. The first-order chi connectivity index (χ1) is 26.2. The Morgan fingerprint density at radius 3 is 1.80 bits per heavy atom. The van der Waals surface area contributed by atoms with Crippen molar-refractivity contribution in [3.8, 4) is 5.75 Å². The van der Waals surface area contributed by atoms with Gasteiger partial charge in [-0.25, -0.2) is 0 Å². The first-order valence-corrected chi connectivity index (χ1v) is 18.8. The predicted molar refractivity (Wildman–Crippen MR) is 205 cm³/mol. The summed E-state index contributed by atoms with van der Waals surface area (Å²) in [6, 6.07) is 5.47. The Bertz CT molecular complexity index is 1460. The standard InChI is InChI=1S/C39H60N4O11/c1-6-43(7-2)11-10-40-39(46)37-30(4)36(41-31(37)5)27-34-33-26-32(8-9-35(33)42-38(34)45)54-25-24-52-21-20-50-17-16-48-13-12-47-14-15-49-18-19-51-22-23-53-28-29(3)44/h8-9,26-27,41H,6-7,10-25,28H2,1-5H3,(H,40,46)(H,42,45)/b34-27-. The summed E-state index contributed by atoms with van der Waals surface area (Å²) in [6.45, 7) is 18.9. The second-order valence-electron chi connectivity index (χ2n) is 12.4. The third-order valence-electron chi connectivity index (χ3n) is 8.41. The molecule has 2 amide bonds. The number of ketones is 1. The van der Waals surface area contributed by atoms with Crippen molar-refractivity contribution in [2.75, 3.05) is 131 Å². The normalized spacial score (nSPS) is 13.1. The van der Waals surface area contributed by atoms with Crippen LogP contribution in [-0.4, -0.2) is 153 Å². The van der Waals surface area contributed by atoms with Crippen molar-refractivity contribution >= 4 is 34.9 Å². The van der Waals surface area contributed by atoms with Gasteiger partial charge in [-0.1, -0.05) is 13.8 Å². The molecule has 0 saturated heterocycles. The summed E-state index contributed by atoms with van der Waals surface area (Å²) in [5.74, 6) is 0.269. The molecular weight excluding hydrogens is 700 g/mol. The molecule has 0 spiro atoms. The van der Waals surface area contributed by atoms with E-state index in [1.54, 1.807) is 6.08 Å². The molecule has 0 saturated carbocycles. The molecule has 15 heteroatoms. The number of ether oxygens (including phenoxy) is 8. The molecule has 3 rings (SSSR count). The van der Waals surface area contributed by atoms with Gasteiger partial charge in [-0.05, 0) is 63.7 Å². The number of carbonyl (C=O) groups excluding carboxylic acids is 3. The van der Waals surface area contributed by atoms with Gasteiger partial charge in [-0.15, -0.1) is 0 Å². The number of hydrogen-bond donors (Lipinski definition) is 3. The molecule has 54 heavy (non-hydrogen) atoms. The minimum atomic E-state index is -0.215. The Labute approximate surface area is 319 Å². The summed E-state index contributed by atoms with van der Waals surface area (Å²) in [4.78, 5) is 42.3. The lowest BCUT2D eigenvalue weighted by atomic mass is 10.0. The molecule has 2 aromatic rings. The van der Waals surface area contributed by atoms with E-state index in [1.807, 2.05) is 32.0 Å². The number of likely N-dealkylation sites (N-methyl/N-ethyl adjacent to an activating group) is 1. The van der Waals surface area contributed by atoms with E-state index >= 15 is 0 Å². The molecule has 1 aliphatic heterocycles. The van der Waals surface area contributed by atoms with Crippen molar-refractivity contribution in [1.29, 1.82) is 0 Å². The van der Waals surface area contributed by atoms with Crippen LogP contribution in [0, 0.1) is 13.8 Å². The van der Waals surface area contributed by atoms with E-state index in [4.69, 9.17) is 37.9 Å². The number of aromatic amines is 1. The molecule has 1 aliphatic rings. The van der Waals surface area contributed by atoms with Crippen LogP contribution in [0.2, 0.25) is 0 Å². The van der Waals surface area contributed by atoms with Gasteiger partial charge in [0.05, 0.1) is 97.0 Å². The van der Waals surface area contributed by atoms with Crippen molar-refractivity contribution in [2.24, 2.45) is 0 Å². The Morgan fingerprint density at radius 1 is 0.759 bits per heavy atom. The maximum absolute atomic E-state index is 13.0. The van der Waals surface area contributed by atoms with Crippen molar-refractivity contribution in [2.45, 2.75) is 34.6 Å². The molecule has 1 aromatic carbocycles. The van der Waals surface area contributed by atoms with Crippen LogP contribution in [0.4, 0.5) is 5.69 Å². The van der Waals surface area contributed by atoms with Crippen molar-refractivity contribution in [1.82, 2.24) is 15.2 Å². The smallest absolute Gasteiger partial charge is 0.256 e. The number of anilines is 1. The topological polar surface area (TPSA) is 168 Å². The quantitative estimate of drug-likeness (QED) is 0.0760. The van der Waals surface area contributed by atoms with Crippen LogP contribution >= 0.6 is 0 Å². The summed E-state index contributed by atoms with van der Waals surface area (Å²) < 4.78 is 43.9. The van der Waals surface area contributed by atoms with E-state index in [1.165, 1.54) is 6.92 Å². The molecular formula is C39H60N4O11. The zero-order valence-corrected chi connectivity index (χ0v) is 32.7. The third-order valence-corrected chi connectivity index (χ3v) is 8.41. The minimum absolute atomic E-state index is 0.00452. The second-order valence-corrected chi connectivity index (χ2v) is 12.4. The Balaban J connectivity index is 1.24. The van der Waals surface area contributed by atoms with Crippen LogP contribution in [0.25, 0.3) is 11.6 Å². The number of carbonyl (C=O) groups is 3. The van der Waals surface area contributed by atoms with Gasteiger partial charge in [-0.2, -0.15) is 0 Å². The minimum Gasteiger partial charge on any atom is -0.491 e. The van der Waals surface area contributed by atoms with E-state index in [0.29, 0.717) is 127 Å². The van der Waals surface area contributed by atoms with Gasteiger partial charge < -0.3 is 58.4 Å². The molecule has 1 aromatic heterocycles. The average molecular weight is 761 g/mol. The summed E-state index contributed by atoms with van der Waals surface area (Å²) in [6.07, 6.45) is 1.79. The zero-order valence-electron chi connectivity index (χ0n) is 32.7. The third kappa shape index (κ3) is 16.4. The maximum atomic E-state index is 13.0. The number of benzene rings is 1. The molecule has 0 unspecified atom stereocenters. The number of aromatic nitrogens is 1. The number of fused-ring (bicyclic) bond motifs is 1. The van der Waals surface area contributed by atoms with Gasteiger partial charge >= 0.3 is 0 Å². The largest absolute Gasteiger partial charge is 0.491 e. The van der Waals surface area contributed by atoms with Gasteiger partial charge in [0.15, 0.2) is 5.78 Å². The number of Topliss-reactive ketones (excluding diaryl/α,β-unsaturated/α-hetero) is 1. The molecule has 0 radical (unpaired) electrons. The Morgan fingerprint density at radius 2 is 1.28 bits per heavy atom. The highest BCUT2D eigenvalue weighted by atomic mass is 16.6. The number of rotatable bonds is 31. The molecule has 0 fully saturated rings. The molecule has 3 N–H and O–H groups in total. The van der Waals surface area contributed by atoms with E-state index in [0.717, 1.165) is 36.5 Å². The van der Waals surface area contributed by atoms with Gasteiger partial charge in [0.2, 0.25) is 0 Å². The van der Waals surface area contributed by atoms with E-state index < -0.39 is 0 Å². The van der Waals surface area contributed by atoms with Gasteiger partial charge in [-0.3, -0.25) is 14.4 Å². The van der Waals surface area contributed by atoms with Crippen LogP contribution in [0.15, 0.2) is 18.2 Å². The number of nitrogens with zero attached hydrogens (tertiary/aromatic N) is 1. The second kappa shape index (κ2) is 26.2. The highest BCUT2D eigenvalue weighted by Crippen LogP contribution is 2.36. The first kappa shape index (κ1) is 44.7. The summed E-state index contributed by atoms with van der Waals surface area (Å²) in [5, 5.41) is 5.94. The highest BCUT2D eigenvalue weighted by molar-refractivity contribution is 6.35. The Hall–Kier alpha value is -3.67. The van der Waals surface area contributed by atoms with E-state index in [-0.39, 0.29) is 24.2 Å². The fourth-order valence-electron chi connectivity index (χ4n) is 5.51. The van der Waals surface area contributed by atoms with Crippen LogP contribution < -0.4 is 15.4 Å². The SMILES string of the molecule is CCN(CC)CCNC(=O)c1c(C)[nH]c(/C=C2\C(=O)Nc3ccc(OCCOCCOCCOCCOCCOCCOCCOCC(C)=O)cc32)c1C. The summed E-state index contributed by atoms with van der Waals surface area (Å²) >= 11 is 0.